The molecule has 4 heteroatoms. The van der Waals surface area contributed by atoms with Crippen LogP contribution in [0.15, 0.2) is 6.33 Å². The van der Waals surface area contributed by atoms with E-state index in [1.165, 1.54) is 54.9 Å². The van der Waals surface area contributed by atoms with Crippen LogP contribution in [0.3, 0.4) is 0 Å². The Labute approximate surface area is 113 Å². The van der Waals surface area contributed by atoms with E-state index in [1.807, 2.05) is 0 Å². The topological polar surface area (TPSA) is 37.8 Å². The van der Waals surface area contributed by atoms with E-state index in [0.29, 0.717) is 6.04 Å². The number of thioether (sulfide) groups is 1. The van der Waals surface area contributed by atoms with E-state index in [-0.39, 0.29) is 0 Å². The molecule has 0 bridgehead atoms. The highest BCUT2D eigenvalue weighted by molar-refractivity contribution is 7.99. The number of nitrogens with zero attached hydrogens (tertiary/aromatic N) is 2. The average Bonchev–Trinajstić information content (AvgIpc) is 2.66. The first-order valence-corrected chi connectivity index (χ1v) is 8.26. The quantitative estimate of drug-likeness (QED) is 0.832. The Hall–Kier alpha value is -0.770. The molecule has 2 heterocycles. The Balaban J connectivity index is 1.78. The molecule has 0 spiro atoms. The summed E-state index contributed by atoms with van der Waals surface area (Å²) in [5, 5.41) is 3.67. The summed E-state index contributed by atoms with van der Waals surface area (Å²) in [6, 6.07) is 0.619. The van der Waals surface area contributed by atoms with Gasteiger partial charge in [0.05, 0.1) is 0 Å². The van der Waals surface area contributed by atoms with Gasteiger partial charge in [-0.1, -0.05) is 6.42 Å². The monoisotopic (exact) mass is 263 g/mol. The van der Waals surface area contributed by atoms with Crippen LogP contribution in [0.1, 0.15) is 43.4 Å². The minimum atomic E-state index is 0.619. The van der Waals surface area contributed by atoms with Crippen molar-refractivity contribution in [2.75, 3.05) is 16.8 Å². The number of fused-ring (bicyclic) bond motifs is 1. The highest BCUT2D eigenvalue weighted by Crippen LogP contribution is 2.26. The average molecular weight is 263 g/mol. The Morgan fingerprint density at radius 3 is 2.78 bits per heavy atom. The van der Waals surface area contributed by atoms with Crippen molar-refractivity contribution in [2.24, 2.45) is 0 Å². The Morgan fingerprint density at radius 1 is 1.06 bits per heavy atom. The summed E-state index contributed by atoms with van der Waals surface area (Å²) in [7, 11) is 0. The maximum atomic E-state index is 4.50. The van der Waals surface area contributed by atoms with Gasteiger partial charge in [-0.25, -0.2) is 9.97 Å². The lowest BCUT2D eigenvalue weighted by molar-refractivity contribution is 0.660. The van der Waals surface area contributed by atoms with E-state index in [2.05, 4.69) is 27.0 Å². The molecule has 0 aromatic carbocycles. The number of aromatic nitrogens is 2. The molecule has 0 atom stereocenters. The van der Waals surface area contributed by atoms with Crippen LogP contribution in [0, 0.1) is 0 Å². The van der Waals surface area contributed by atoms with E-state index in [9.17, 15) is 0 Å². The molecule has 1 saturated heterocycles. The van der Waals surface area contributed by atoms with Crippen molar-refractivity contribution in [3.63, 3.8) is 0 Å². The fourth-order valence-corrected chi connectivity index (χ4v) is 3.96. The van der Waals surface area contributed by atoms with E-state index >= 15 is 0 Å². The van der Waals surface area contributed by atoms with Crippen LogP contribution >= 0.6 is 11.8 Å². The van der Waals surface area contributed by atoms with Crippen LogP contribution in [0.4, 0.5) is 5.82 Å². The number of anilines is 1. The molecule has 0 amide bonds. The molecule has 0 unspecified atom stereocenters. The molecule has 3 rings (SSSR count). The van der Waals surface area contributed by atoms with Gasteiger partial charge in [-0.3, -0.25) is 0 Å². The SMILES string of the molecule is c1nc2c(c(NC3CCSCC3)n1)CCCCC2. The van der Waals surface area contributed by atoms with Gasteiger partial charge in [-0.05, 0) is 50.0 Å². The summed E-state index contributed by atoms with van der Waals surface area (Å²) >= 11 is 2.07. The van der Waals surface area contributed by atoms with Crippen LogP contribution in [0.25, 0.3) is 0 Å². The fraction of sp³-hybridized carbons (Fsp3) is 0.714. The largest absolute Gasteiger partial charge is 0.367 e. The molecule has 18 heavy (non-hydrogen) atoms. The van der Waals surface area contributed by atoms with Crippen molar-refractivity contribution in [1.82, 2.24) is 9.97 Å². The standard InChI is InChI=1S/C14H21N3S/c1-2-4-12-13(5-3-1)15-10-16-14(12)17-11-6-8-18-9-7-11/h10-11H,1-9H2,(H,15,16,17). The van der Waals surface area contributed by atoms with Crippen molar-refractivity contribution in [3.8, 4) is 0 Å². The molecule has 2 aliphatic rings. The van der Waals surface area contributed by atoms with E-state index in [0.717, 1.165) is 18.7 Å². The van der Waals surface area contributed by atoms with Crippen molar-refractivity contribution in [1.29, 1.82) is 0 Å². The predicted molar refractivity (Wildman–Crippen MR) is 77.3 cm³/mol. The highest BCUT2D eigenvalue weighted by Gasteiger charge is 2.18. The third kappa shape index (κ3) is 2.79. The molecule has 98 valence electrons. The maximum Gasteiger partial charge on any atom is 0.133 e. The molecule has 1 fully saturated rings. The first-order valence-electron chi connectivity index (χ1n) is 7.10. The third-order valence-electron chi connectivity index (χ3n) is 3.94. The summed E-state index contributed by atoms with van der Waals surface area (Å²) in [5.74, 6) is 3.69. The summed E-state index contributed by atoms with van der Waals surface area (Å²) in [4.78, 5) is 8.98. The minimum absolute atomic E-state index is 0.619. The van der Waals surface area contributed by atoms with Crippen LogP contribution in [-0.2, 0) is 12.8 Å². The number of hydrogen-bond acceptors (Lipinski definition) is 4. The lowest BCUT2D eigenvalue weighted by atomic mass is 10.1. The fourth-order valence-electron chi connectivity index (χ4n) is 2.86. The molecular weight excluding hydrogens is 242 g/mol. The zero-order valence-electron chi connectivity index (χ0n) is 10.8. The van der Waals surface area contributed by atoms with Crippen LogP contribution in [-0.4, -0.2) is 27.5 Å². The van der Waals surface area contributed by atoms with Gasteiger partial charge < -0.3 is 5.32 Å². The molecule has 1 aliphatic heterocycles. The molecule has 1 aromatic heterocycles. The molecule has 0 radical (unpaired) electrons. The van der Waals surface area contributed by atoms with Gasteiger partial charge in [0.2, 0.25) is 0 Å². The molecule has 1 aromatic rings. The Kier molecular flexibility index (Phi) is 4.03. The first kappa shape index (κ1) is 12.3. The molecule has 0 saturated carbocycles. The van der Waals surface area contributed by atoms with E-state index < -0.39 is 0 Å². The van der Waals surface area contributed by atoms with Crippen molar-refractivity contribution in [2.45, 2.75) is 51.0 Å². The number of aryl methyl sites for hydroxylation is 1. The van der Waals surface area contributed by atoms with Gasteiger partial charge >= 0.3 is 0 Å². The second-order valence-electron chi connectivity index (χ2n) is 5.24. The third-order valence-corrected chi connectivity index (χ3v) is 4.99. The lowest BCUT2D eigenvalue weighted by Gasteiger charge is -2.24. The van der Waals surface area contributed by atoms with Crippen LogP contribution in [0.5, 0.6) is 0 Å². The molecule has 3 nitrogen and oxygen atoms in total. The second-order valence-corrected chi connectivity index (χ2v) is 6.46. The van der Waals surface area contributed by atoms with Gasteiger partial charge in [0, 0.05) is 17.3 Å². The van der Waals surface area contributed by atoms with E-state index in [4.69, 9.17) is 0 Å². The van der Waals surface area contributed by atoms with Gasteiger partial charge in [-0.15, -0.1) is 0 Å². The summed E-state index contributed by atoms with van der Waals surface area (Å²) in [5.41, 5.74) is 2.68. The first-order chi connectivity index (χ1) is 8.93. The predicted octanol–water partition coefficient (Wildman–Crippen LogP) is 3.05. The number of rotatable bonds is 2. The highest BCUT2D eigenvalue weighted by atomic mass is 32.2. The smallest absolute Gasteiger partial charge is 0.133 e. The maximum absolute atomic E-state index is 4.50. The molecule has 1 N–H and O–H groups in total. The van der Waals surface area contributed by atoms with Crippen molar-refractivity contribution >= 4 is 17.6 Å². The Bertz CT molecular complexity index is 402. The van der Waals surface area contributed by atoms with Crippen LogP contribution < -0.4 is 5.32 Å². The summed E-state index contributed by atoms with van der Waals surface area (Å²) in [6.45, 7) is 0. The van der Waals surface area contributed by atoms with Crippen LogP contribution in [0.2, 0.25) is 0 Å². The van der Waals surface area contributed by atoms with Gasteiger partial charge in [-0.2, -0.15) is 11.8 Å². The van der Waals surface area contributed by atoms with Crippen molar-refractivity contribution < 1.29 is 0 Å². The summed E-state index contributed by atoms with van der Waals surface area (Å²) < 4.78 is 0. The van der Waals surface area contributed by atoms with Gasteiger partial charge in [0.1, 0.15) is 12.1 Å². The second kappa shape index (κ2) is 5.91. The minimum Gasteiger partial charge on any atom is -0.367 e. The van der Waals surface area contributed by atoms with Gasteiger partial charge in [0.15, 0.2) is 0 Å². The molecule has 1 aliphatic carbocycles. The number of hydrogen-bond donors (Lipinski definition) is 1. The summed E-state index contributed by atoms with van der Waals surface area (Å²) in [6.07, 6.45) is 10.5. The lowest BCUT2D eigenvalue weighted by Crippen LogP contribution is -2.26. The zero-order valence-corrected chi connectivity index (χ0v) is 11.6. The zero-order chi connectivity index (χ0) is 12.2. The van der Waals surface area contributed by atoms with E-state index in [1.54, 1.807) is 6.33 Å². The van der Waals surface area contributed by atoms with Crippen molar-refractivity contribution in [3.05, 3.63) is 17.6 Å². The molecular formula is C14H21N3S. The normalized spacial score (nSPS) is 21.1. The number of nitrogens with one attached hydrogen (secondary N) is 1. The van der Waals surface area contributed by atoms with Gasteiger partial charge in [0.25, 0.3) is 0 Å². The Morgan fingerprint density at radius 2 is 1.89 bits per heavy atom.